The van der Waals surface area contributed by atoms with Crippen LogP contribution in [-0.2, 0) is 25.7 Å². The maximum atomic E-state index is 3.54. The molecule has 0 fully saturated rings. The summed E-state index contributed by atoms with van der Waals surface area (Å²) in [5.74, 6) is 28.0. The maximum Gasteiger partial charge on any atom is 1.00 e. The SMILES string of the molecule is C(#C[B-](C#CCCCc1ccccc1)(C#CCCCc1ccccc1)C#CCCCc1ccccc1)CCCc1ccccc1.[K+]. The predicted molar refractivity (Wildman–Crippen MR) is 194 cm³/mol. The first-order valence-electron chi connectivity index (χ1n) is 16.6. The van der Waals surface area contributed by atoms with Crippen LogP contribution in [0.3, 0.4) is 0 Å². The maximum absolute atomic E-state index is 3.54. The molecule has 4 rings (SSSR count). The second-order valence-corrected chi connectivity index (χ2v) is 11.5. The molecule has 2 heteroatoms. The minimum absolute atomic E-state index is 0. The molecule has 0 nitrogen and oxygen atoms in total. The van der Waals surface area contributed by atoms with Crippen LogP contribution in [0.2, 0.25) is 0 Å². The molecule has 224 valence electrons. The molecule has 46 heavy (non-hydrogen) atoms. The van der Waals surface area contributed by atoms with Gasteiger partial charge in [-0.2, -0.15) is 0 Å². The Labute approximate surface area is 321 Å². The van der Waals surface area contributed by atoms with Gasteiger partial charge >= 0.3 is 51.4 Å². The van der Waals surface area contributed by atoms with Gasteiger partial charge in [0.1, 0.15) is 0 Å². The van der Waals surface area contributed by atoms with Gasteiger partial charge in [0.05, 0.1) is 0 Å². The molecule has 0 N–H and O–H groups in total. The van der Waals surface area contributed by atoms with E-state index < -0.39 is 6.15 Å². The van der Waals surface area contributed by atoms with Crippen LogP contribution >= 0.6 is 0 Å². The fourth-order valence-corrected chi connectivity index (χ4v) is 5.22. The number of hydrogen-bond acceptors (Lipinski definition) is 0. The Balaban J connectivity index is 0.00000576. The number of unbranched alkanes of at least 4 members (excludes halogenated alkanes) is 4. The van der Waals surface area contributed by atoms with Crippen molar-refractivity contribution in [2.75, 3.05) is 0 Å². The zero-order valence-electron chi connectivity index (χ0n) is 27.6. The Kier molecular flexibility index (Phi) is 18.8. The molecule has 4 aromatic rings. The van der Waals surface area contributed by atoms with Crippen molar-refractivity contribution in [3.05, 3.63) is 144 Å². The number of hydrogen-bond donors (Lipinski definition) is 0. The summed E-state index contributed by atoms with van der Waals surface area (Å²) < 4.78 is 0. The van der Waals surface area contributed by atoms with E-state index in [4.69, 9.17) is 0 Å². The van der Waals surface area contributed by atoms with Crippen molar-refractivity contribution >= 4 is 6.15 Å². The molecule has 0 amide bonds. The van der Waals surface area contributed by atoms with E-state index in [2.05, 4.69) is 168 Å². The molecule has 0 aromatic heterocycles. The van der Waals surface area contributed by atoms with Gasteiger partial charge < -0.3 is 0 Å². The Morgan fingerprint density at radius 2 is 0.543 bits per heavy atom. The van der Waals surface area contributed by atoms with Gasteiger partial charge in [0.15, 0.2) is 0 Å². The summed E-state index contributed by atoms with van der Waals surface area (Å²) in [5, 5.41) is 0. The van der Waals surface area contributed by atoms with Gasteiger partial charge in [0, 0.05) is 25.7 Å². The van der Waals surface area contributed by atoms with E-state index in [0.717, 1.165) is 77.0 Å². The van der Waals surface area contributed by atoms with Crippen LogP contribution in [0.15, 0.2) is 121 Å². The molecule has 0 radical (unpaired) electrons. The second-order valence-electron chi connectivity index (χ2n) is 11.5. The van der Waals surface area contributed by atoms with E-state index in [1.165, 1.54) is 22.3 Å². The van der Waals surface area contributed by atoms with Crippen molar-refractivity contribution in [3.8, 4) is 47.0 Å². The minimum atomic E-state index is -1.75. The van der Waals surface area contributed by atoms with Gasteiger partial charge in [-0.25, -0.2) is 0 Å². The zero-order chi connectivity index (χ0) is 31.1. The van der Waals surface area contributed by atoms with Crippen molar-refractivity contribution < 1.29 is 51.4 Å². The van der Waals surface area contributed by atoms with Crippen molar-refractivity contribution in [1.82, 2.24) is 0 Å². The largest absolute Gasteiger partial charge is 1.00 e. The fourth-order valence-electron chi connectivity index (χ4n) is 5.22. The first-order valence-corrected chi connectivity index (χ1v) is 16.6. The molecule has 0 saturated carbocycles. The van der Waals surface area contributed by atoms with Crippen LogP contribution in [0, 0.1) is 47.0 Å². The van der Waals surface area contributed by atoms with Crippen LogP contribution < -0.4 is 51.4 Å². The smallest absolute Gasteiger partial charge is 0.270 e. The summed E-state index contributed by atoms with van der Waals surface area (Å²) in [4.78, 5) is 0. The average molecular weight is 623 g/mol. The molecular weight excluding hydrogens is 578 g/mol. The van der Waals surface area contributed by atoms with E-state index in [0.29, 0.717) is 0 Å². The van der Waals surface area contributed by atoms with Gasteiger partial charge in [-0.1, -0.05) is 121 Å². The van der Waals surface area contributed by atoms with Crippen LogP contribution in [0.4, 0.5) is 0 Å². The zero-order valence-corrected chi connectivity index (χ0v) is 30.7. The van der Waals surface area contributed by atoms with Crippen molar-refractivity contribution in [2.24, 2.45) is 0 Å². The quantitative estimate of drug-likeness (QED) is 0.0938. The van der Waals surface area contributed by atoms with Gasteiger partial charge in [0.2, 0.25) is 0 Å². The normalized spacial score (nSPS) is 9.91. The van der Waals surface area contributed by atoms with E-state index in [1.807, 2.05) is 0 Å². The Hall–Kier alpha value is -3.18. The standard InChI is InChI=1S/C44H44B.K/c1-9-25-41(26-10-1)33-17-5-21-37-45(38-22-6-18-34-42-27-11-2-12-28-42,39-23-7-19-35-43-29-13-3-14-30-43)40-24-8-20-36-44-31-15-4-16-32-44;/h1-4,9-16,25-32H,5-8,17-20,33-36H2;/q-1;+1. The van der Waals surface area contributed by atoms with Crippen LogP contribution in [-0.4, -0.2) is 6.15 Å². The van der Waals surface area contributed by atoms with Crippen molar-refractivity contribution in [2.45, 2.75) is 77.0 Å². The summed E-state index contributed by atoms with van der Waals surface area (Å²) in [6, 6.07) is 42.5. The van der Waals surface area contributed by atoms with E-state index in [9.17, 15) is 0 Å². The molecular formula is C44H44BK. The van der Waals surface area contributed by atoms with Crippen LogP contribution in [0.25, 0.3) is 0 Å². The van der Waals surface area contributed by atoms with E-state index >= 15 is 0 Å². The summed E-state index contributed by atoms with van der Waals surface area (Å²) >= 11 is 0. The van der Waals surface area contributed by atoms with Gasteiger partial charge in [-0.15, -0.1) is 23.7 Å². The second kappa shape index (κ2) is 23.2. The Morgan fingerprint density at radius 1 is 0.326 bits per heavy atom. The van der Waals surface area contributed by atoms with Gasteiger partial charge in [-0.05, 0) is 73.6 Å². The molecule has 0 aliphatic carbocycles. The molecule has 4 aromatic carbocycles. The molecule has 0 spiro atoms. The third-order valence-electron chi connectivity index (χ3n) is 7.71. The molecule has 0 atom stereocenters. The molecule has 0 bridgehead atoms. The molecule has 0 heterocycles. The fraction of sp³-hybridized carbons (Fsp3) is 0.273. The minimum Gasteiger partial charge on any atom is -0.270 e. The predicted octanol–water partition coefficient (Wildman–Crippen LogP) is 6.70. The molecule has 0 aliphatic rings. The van der Waals surface area contributed by atoms with E-state index in [1.54, 1.807) is 0 Å². The Morgan fingerprint density at radius 3 is 0.761 bits per heavy atom. The van der Waals surface area contributed by atoms with Crippen molar-refractivity contribution in [1.29, 1.82) is 0 Å². The first kappa shape index (κ1) is 37.3. The van der Waals surface area contributed by atoms with E-state index in [-0.39, 0.29) is 51.4 Å². The summed E-state index contributed by atoms with van der Waals surface area (Å²) in [6.45, 7) is 0. The Bertz CT molecular complexity index is 1390. The number of aryl methyl sites for hydroxylation is 4. The summed E-state index contributed by atoms with van der Waals surface area (Å²) in [6.07, 6.45) is 9.70. The third-order valence-corrected chi connectivity index (χ3v) is 7.71. The topological polar surface area (TPSA) is 0 Å². The first-order chi connectivity index (χ1) is 22.3. The van der Waals surface area contributed by atoms with Gasteiger partial charge in [-0.3, -0.25) is 23.3 Å². The monoisotopic (exact) mass is 622 g/mol. The average Bonchev–Trinajstić information content (AvgIpc) is 3.09. The number of rotatable bonds is 12. The summed E-state index contributed by atoms with van der Waals surface area (Å²) in [7, 11) is 0. The molecule has 0 saturated heterocycles. The van der Waals surface area contributed by atoms with Crippen LogP contribution in [0.5, 0.6) is 0 Å². The summed E-state index contributed by atoms with van der Waals surface area (Å²) in [5.41, 5.74) is 5.41. The van der Waals surface area contributed by atoms with Crippen LogP contribution in [0.1, 0.15) is 73.6 Å². The molecule has 0 aliphatic heterocycles. The molecule has 0 unspecified atom stereocenters. The van der Waals surface area contributed by atoms with Gasteiger partial charge in [0.25, 0.3) is 6.15 Å². The number of benzene rings is 4. The third kappa shape index (κ3) is 15.4. The van der Waals surface area contributed by atoms with Crippen molar-refractivity contribution in [3.63, 3.8) is 0 Å².